The van der Waals surface area contributed by atoms with Crippen LogP contribution in [-0.4, -0.2) is 52.3 Å². The first-order valence-electron chi connectivity index (χ1n) is 12.9. The second-order valence-corrected chi connectivity index (χ2v) is 10.2. The summed E-state index contributed by atoms with van der Waals surface area (Å²) in [4.78, 5) is 52.5. The van der Waals surface area contributed by atoms with E-state index in [2.05, 4.69) is 10.6 Å². The summed E-state index contributed by atoms with van der Waals surface area (Å²) in [6.45, 7) is 5.71. The third-order valence-corrected chi connectivity index (χ3v) is 6.86. The smallest absolute Gasteiger partial charge is 0.320 e. The number of aliphatic carboxylic acids is 1. The predicted molar refractivity (Wildman–Crippen MR) is 145 cm³/mol. The minimum Gasteiger partial charge on any atom is -0.480 e. The van der Waals surface area contributed by atoms with Crippen molar-refractivity contribution >= 4 is 34.5 Å². The van der Waals surface area contributed by atoms with Gasteiger partial charge in [0.05, 0.1) is 23.2 Å². The largest absolute Gasteiger partial charge is 0.480 e. The molecule has 8 heteroatoms. The van der Waals surface area contributed by atoms with Gasteiger partial charge in [0.2, 0.25) is 5.91 Å². The van der Waals surface area contributed by atoms with E-state index in [1.54, 1.807) is 12.1 Å². The van der Waals surface area contributed by atoms with Gasteiger partial charge in [0, 0.05) is 6.54 Å². The molecule has 3 aromatic carbocycles. The van der Waals surface area contributed by atoms with Crippen molar-refractivity contribution in [3.63, 3.8) is 0 Å². The Morgan fingerprint density at radius 2 is 1.39 bits per heavy atom. The Kier molecular flexibility index (Phi) is 8.22. The van der Waals surface area contributed by atoms with Crippen molar-refractivity contribution in [2.24, 2.45) is 5.92 Å². The fraction of sp³-hybridized carbons (Fsp3) is 0.333. The number of carboxylic acid groups (broad SMARTS) is 1. The van der Waals surface area contributed by atoms with Gasteiger partial charge < -0.3 is 10.4 Å². The number of carbonyl (C=O) groups excluding carboxylic acids is 3. The van der Waals surface area contributed by atoms with E-state index in [4.69, 9.17) is 0 Å². The first kappa shape index (κ1) is 27.0. The molecule has 3 amide bonds. The lowest BCUT2D eigenvalue weighted by atomic mass is 10.0. The lowest BCUT2D eigenvalue weighted by Crippen LogP contribution is -2.52. The van der Waals surface area contributed by atoms with Crippen LogP contribution in [0.1, 0.15) is 65.9 Å². The van der Waals surface area contributed by atoms with E-state index in [1.807, 2.05) is 75.4 Å². The highest BCUT2D eigenvalue weighted by Gasteiger charge is 2.37. The molecule has 1 unspecified atom stereocenters. The summed E-state index contributed by atoms with van der Waals surface area (Å²) in [6, 6.07) is 18.3. The molecule has 1 heterocycles. The number of nitrogens with one attached hydrogen (secondary N) is 2. The number of hydrogen-bond acceptors (Lipinski definition) is 5. The maximum atomic E-state index is 13.2. The number of carboxylic acids is 1. The molecule has 38 heavy (non-hydrogen) atoms. The summed E-state index contributed by atoms with van der Waals surface area (Å²) in [5.74, 6) is -2.19. The lowest BCUT2D eigenvalue weighted by Gasteiger charge is -2.26. The van der Waals surface area contributed by atoms with E-state index >= 15 is 0 Å². The minimum atomic E-state index is -1.15. The van der Waals surface area contributed by atoms with Gasteiger partial charge in [-0.05, 0) is 54.2 Å². The maximum Gasteiger partial charge on any atom is 0.320 e. The number of imide groups is 1. The molecule has 198 valence electrons. The van der Waals surface area contributed by atoms with Gasteiger partial charge in [-0.2, -0.15) is 0 Å². The number of benzene rings is 3. The lowest BCUT2D eigenvalue weighted by molar-refractivity contribution is -0.140. The van der Waals surface area contributed by atoms with Crippen molar-refractivity contribution in [2.45, 2.75) is 51.7 Å². The Hall–Kier alpha value is -4.04. The average Bonchev–Trinajstić information content (AvgIpc) is 3.12. The molecule has 0 spiro atoms. The Morgan fingerprint density at radius 1 is 0.842 bits per heavy atom. The van der Waals surface area contributed by atoms with E-state index < -0.39 is 29.9 Å². The van der Waals surface area contributed by atoms with E-state index in [1.165, 1.54) is 0 Å². The standard InChI is InChI=1S/C30H33N3O5/c1-18(2)15-26(27(34)31-19(3)20-9-5-4-6-10-20)32-25(30(37)38)13-14-33-28(35)23-16-21-11-7-8-12-22(21)17-24(23)29(33)36/h4-12,16-19,25-26,32H,13-15H2,1-3H3,(H,31,34)(H,37,38)/t19?,25-,26-/m1/s1. The number of carbonyl (C=O) groups is 4. The van der Waals surface area contributed by atoms with Gasteiger partial charge in [0.1, 0.15) is 6.04 Å². The molecule has 0 saturated carbocycles. The van der Waals surface area contributed by atoms with Crippen LogP contribution in [0.25, 0.3) is 10.8 Å². The highest BCUT2D eigenvalue weighted by molar-refractivity contribution is 6.23. The van der Waals surface area contributed by atoms with Gasteiger partial charge in [-0.1, -0.05) is 68.4 Å². The van der Waals surface area contributed by atoms with Gasteiger partial charge in [0.15, 0.2) is 0 Å². The second-order valence-electron chi connectivity index (χ2n) is 10.2. The summed E-state index contributed by atoms with van der Waals surface area (Å²) >= 11 is 0. The number of rotatable bonds is 11. The molecule has 8 nitrogen and oxygen atoms in total. The summed E-state index contributed by atoms with van der Waals surface area (Å²) < 4.78 is 0. The SMILES string of the molecule is CC(C)C[C@@H](N[C@H](CCN1C(=O)c2cc3ccccc3cc2C1=O)C(=O)O)C(=O)NC(C)c1ccccc1. The van der Waals surface area contributed by atoms with Crippen molar-refractivity contribution < 1.29 is 24.3 Å². The minimum absolute atomic E-state index is 0.0313. The van der Waals surface area contributed by atoms with Gasteiger partial charge >= 0.3 is 5.97 Å². The number of fused-ring (bicyclic) bond motifs is 2. The van der Waals surface area contributed by atoms with Crippen molar-refractivity contribution in [1.29, 1.82) is 0 Å². The molecule has 3 N–H and O–H groups in total. The zero-order valence-electron chi connectivity index (χ0n) is 21.8. The molecule has 4 rings (SSSR count). The molecule has 0 fully saturated rings. The molecule has 3 atom stereocenters. The van der Waals surface area contributed by atoms with Gasteiger partial charge in [-0.3, -0.25) is 29.4 Å². The van der Waals surface area contributed by atoms with Crippen LogP contribution in [0, 0.1) is 5.92 Å². The van der Waals surface area contributed by atoms with Crippen LogP contribution in [0.15, 0.2) is 66.7 Å². The first-order chi connectivity index (χ1) is 18.2. The van der Waals surface area contributed by atoms with E-state index in [-0.39, 0.29) is 30.8 Å². The van der Waals surface area contributed by atoms with Crippen LogP contribution in [0.3, 0.4) is 0 Å². The Labute approximate surface area is 222 Å². The summed E-state index contributed by atoms with van der Waals surface area (Å²) in [5.41, 5.74) is 1.58. The van der Waals surface area contributed by atoms with E-state index in [0.29, 0.717) is 17.5 Å². The molecule has 0 aliphatic carbocycles. The number of nitrogens with zero attached hydrogens (tertiary/aromatic N) is 1. The van der Waals surface area contributed by atoms with Crippen LogP contribution < -0.4 is 10.6 Å². The Morgan fingerprint density at radius 3 is 1.92 bits per heavy atom. The number of amides is 3. The second kappa shape index (κ2) is 11.6. The Bertz CT molecular complexity index is 1300. The summed E-state index contributed by atoms with van der Waals surface area (Å²) in [5, 5.41) is 17.6. The topological polar surface area (TPSA) is 116 Å². The molecular formula is C30H33N3O5. The molecule has 1 aliphatic rings. The van der Waals surface area contributed by atoms with Crippen LogP contribution in [-0.2, 0) is 9.59 Å². The van der Waals surface area contributed by atoms with Gasteiger partial charge in [0.25, 0.3) is 11.8 Å². The molecule has 3 aromatic rings. The highest BCUT2D eigenvalue weighted by atomic mass is 16.4. The van der Waals surface area contributed by atoms with Crippen molar-refractivity contribution in [1.82, 2.24) is 15.5 Å². The zero-order chi connectivity index (χ0) is 27.4. The van der Waals surface area contributed by atoms with Crippen LogP contribution in [0.4, 0.5) is 0 Å². The molecule has 1 aliphatic heterocycles. The first-order valence-corrected chi connectivity index (χ1v) is 12.9. The molecule has 0 aromatic heterocycles. The predicted octanol–water partition coefficient (Wildman–Crippen LogP) is 4.16. The van der Waals surface area contributed by atoms with Crippen LogP contribution in [0.5, 0.6) is 0 Å². The van der Waals surface area contributed by atoms with Crippen molar-refractivity contribution in [3.05, 3.63) is 83.4 Å². The fourth-order valence-electron chi connectivity index (χ4n) is 4.82. The quantitative estimate of drug-likeness (QED) is 0.330. The fourth-order valence-corrected chi connectivity index (χ4v) is 4.82. The third-order valence-electron chi connectivity index (χ3n) is 6.86. The molecule has 0 radical (unpaired) electrons. The maximum absolute atomic E-state index is 13.2. The Balaban J connectivity index is 1.45. The van der Waals surface area contributed by atoms with Gasteiger partial charge in [-0.25, -0.2) is 0 Å². The van der Waals surface area contributed by atoms with E-state index in [0.717, 1.165) is 21.2 Å². The third kappa shape index (κ3) is 5.92. The molecule has 0 saturated heterocycles. The van der Waals surface area contributed by atoms with Crippen LogP contribution >= 0.6 is 0 Å². The van der Waals surface area contributed by atoms with Crippen molar-refractivity contribution in [2.75, 3.05) is 6.54 Å². The average molecular weight is 516 g/mol. The van der Waals surface area contributed by atoms with Crippen LogP contribution in [0.2, 0.25) is 0 Å². The zero-order valence-corrected chi connectivity index (χ0v) is 21.8. The summed E-state index contributed by atoms with van der Waals surface area (Å²) in [6.07, 6.45) is 0.396. The van der Waals surface area contributed by atoms with Crippen molar-refractivity contribution in [3.8, 4) is 0 Å². The summed E-state index contributed by atoms with van der Waals surface area (Å²) in [7, 11) is 0. The molecule has 0 bridgehead atoms. The number of hydrogen-bond donors (Lipinski definition) is 3. The van der Waals surface area contributed by atoms with E-state index in [9.17, 15) is 24.3 Å². The highest BCUT2D eigenvalue weighted by Crippen LogP contribution is 2.28. The van der Waals surface area contributed by atoms with Gasteiger partial charge in [-0.15, -0.1) is 0 Å². The molecular weight excluding hydrogens is 482 g/mol. The normalized spacial score (nSPS) is 15.4. The monoisotopic (exact) mass is 515 g/mol.